The Labute approximate surface area is 264 Å². The van der Waals surface area contributed by atoms with E-state index in [9.17, 15) is 18.0 Å². The van der Waals surface area contributed by atoms with Crippen LogP contribution in [0.2, 0.25) is 5.02 Å². The van der Waals surface area contributed by atoms with Gasteiger partial charge in [0.15, 0.2) is 0 Å². The fourth-order valence-electron chi connectivity index (χ4n) is 5.40. The molecule has 1 atom stereocenters. The van der Waals surface area contributed by atoms with Crippen molar-refractivity contribution < 1.29 is 18.0 Å². The summed E-state index contributed by atoms with van der Waals surface area (Å²) in [5, 5.41) is 3.62. The minimum Gasteiger partial charge on any atom is -0.350 e. The van der Waals surface area contributed by atoms with Gasteiger partial charge in [-0.1, -0.05) is 96.5 Å². The lowest BCUT2D eigenvalue weighted by Gasteiger charge is -2.32. The highest BCUT2D eigenvalue weighted by Crippen LogP contribution is 2.27. The zero-order valence-electron chi connectivity index (χ0n) is 24.4. The number of benzene rings is 4. The zero-order valence-corrected chi connectivity index (χ0v) is 26.0. The lowest BCUT2D eigenvalue weighted by Crippen LogP contribution is -2.43. The molecular weight excluding hydrogens is 594 g/mol. The first-order valence-electron chi connectivity index (χ1n) is 14.8. The van der Waals surface area contributed by atoms with Crippen LogP contribution >= 0.6 is 11.6 Å². The van der Waals surface area contributed by atoms with E-state index in [2.05, 4.69) is 5.32 Å². The van der Waals surface area contributed by atoms with Crippen molar-refractivity contribution in [1.82, 2.24) is 14.5 Å². The summed E-state index contributed by atoms with van der Waals surface area (Å²) in [6, 6.07) is 32.1. The molecule has 1 saturated heterocycles. The Morgan fingerprint density at radius 1 is 0.773 bits per heavy atom. The number of rotatable bonds is 12. The topological polar surface area (TPSA) is 86.8 Å². The van der Waals surface area contributed by atoms with Gasteiger partial charge in [0.2, 0.25) is 21.8 Å². The Kier molecular flexibility index (Phi) is 10.5. The van der Waals surface area contributed by atoms with Crippen molar-refractivity contribution in [2.45, 2.75) is 49.7 Å². The number of aryl methyl sites for hydroxylation is 1. The van der Waals surface area contributed by atoms with Crippen molar-refractivity contribution in [2.75, 3.05) is 13.1 Å². The van der Waals surface area contributed by atoms with Crippen LogP contribution in [0.4, 0.5) is 0 Å². The Hall–Kier alpha value is -3.98. The summed E-state index contributed by atoms with van der Waals surface area (Å²) in [5.41, 5.74) is 3.35. The van der Waals surface area contributed by atoms with Crippen LogP contribution in [0.5, 0.6) is 0 Å². The lowest BCUT2D eigenvalue weighted by molar-refractivity contribution is -0.141. The number of nitrogens with one attached hydrogen (secondary N) is 1. The maximum Gasteiger partial charge on any atom is 0.247 e. The predicted molar refractivity (Wildman–Crippen MR) is 172 cm³/mol. The van der Waals surface area contributed by atoms with E-state index in [0.717, 1.165) is 29.5 Å². The molecule has 0 bridgehead atoms. The number of hydrogen-bond acceptors (Lipinski definition) is 4. The van der Waals surface area contributed by atoms with E-state index in [-0.39, 0.29) is 29.7 Å². The van der Waals surface area contributed by atoms with Crippen LogP contribution in [0.15, 0.2) is 114 Å². The Morgan fingerprint density at radius 3 is 2.00 bits per heavy atom. The molecule has 0 saturated carbocycles. The van der Waals surface area contributed by atoms with Crippen LogP contribution in [0.25, 0.3) is 0 Å². The van der Waals surface area contributed by atoms with Gasteiger partial charge < -0.3 is 10.2 Å². The van der Waals surface area contributed by atoms with Gasteiger partial charge in [0.1, 0.15) is 6.04 Å². The third-order valence-electron chi connectivity index (χ3n) is 7.83. The minimum atomic E-state index is -3.51. The number of hydrogen-bond donors (Lipinski definition) is 1. The average Bonchev–Trinajstić information content (AvgIpc) is 3.61. The Bertz CT molecular complexity index is 1640. The Balaban J connectivity index is 1.37. The van der Waals surface area contributed by atoms with Crippen molar-refractivity contribution in [3.8, 4) is 0 Å². The summed E-state index contributed by atoms with van der Waals surface area (Å²) in [4.78, 5) is 29.7. The van der Waals surface area contributed by atoms with Crippen LogP contribution < -0.4 is 5.32 Å². The molecule has 1 fully saturated rings. The summed E-state index contributed by atoms with van der Waals surface area (Å²) in [6.45, 7) is 1.63. The second-order valence-electron chi connectivity index (χ2n) is 10.9. The summed E-state index contributed by atoms with van der Waals surface area (Å²) in [7, 11) is -3.51. The highest BCUT2D eigenvalue weighted by atomic mass is 35.5. The second kappa shape index (κ2) is 14.7. The number of carbonyl (C=O) groups is 2. The minimum absolute atomic E-state index is 0.140. The fourth-order valence-corrected chi connectivity index (χ4v) is 7.04. The third-order valence-corrected chi connectivity index (χ3v) is 9.99. The molecule has 2 amide bonds. The first-order valence-corrected chi connectivity index (χ1v) is 16.6. The molecule has 0 radical (unpaired) electrons. The Morgan fingerprint density at radius 2 is 1.36 bits per heavy atom. The van der Waals surface area contributed by atoms with Crippen LogP contribution in [-0.2, 0) is 39.1 Å². The summed E-state index contributed by atoms with van der Waals surface area (Å²) >= 11 is 6.13. The van der Waals surface area contributed by atoms with E-state index >= 15 is 0 Å². The molecule has 4 aromatic carbocycles. The van der Waals surface area contributed by atoms with Crippen molar-refractivity contribution in [3.63, 3.8) is 0 Å². The summed E-state index contributed by atoms with van der Waals surface area (Å²) < 4.78 is 27.4. The molecule has 1 N–H and O–H groups in total. The van der Waals surface area contributed by atoms with Gasteiger partial charge in [0, 0.05) is 37.6 Å². The van der Waals surface area contributed by atoms with Gasteiger partial charge in [-0.25, -0.2) is 8.42 Å². The smallest absolute Gasteiger partial charge is 0.247 e. The summed E-state index contributed by atoms with van der Waals surface area (Å²) in [5.74, 6) is -0.476. The maximum atomic E-state index is 14.0. The molecule has 0 aliphatic carbocycles. The monoisotopic (exact) mass is 629 g/mol. The van der Waals surface area contributed by atoms with Crippen molar-refractivity contribution in [3.05, 3.63) is 136 Å². The quantitative estimate of drug-likeness (QED) is 0.204. The van der Waals surface area contributed by atoms with Gasteiger partial charge in [-0.15, -0.1) is 0 Å². The van der Waals surface area contributed by atoms with Gasteiger partial charge in [0.05, 0.1) is 4.90 Å². The SMILES string of the molecule is O=C(NCc1ccccc1)[C@@H](c1ccccc1)N(Cc1ccc(Cl)cc1)C(=O)CCc1ccc(S(=O)(=O)N2CCCC2)cc1. The number of amides is 2. The molecule has 1 aliphatic rings. The first-order chi connectivity index (χ1) is 21.3. The van der Waals surface area contributed by atoms with Gasteiger partial charge in [-0.2, -0.15) is 4.31 Å². The molecule has 0 aromatic heterocycles. The lowest BCUT2D eigenvalue weighted by atomic mass is 10.0. The highest BCUT2D eigenvalue weighted by Gasteiger charge is 2.31. The van der Waals surface area contributed by atoms with E-state index in [1.807, 2.05) is 72.8 Å². The van der Waals surface area contributed by atoms with E-state index < -0.39 is 16.1 Å². The van der Waals surface area contributed by atoms with E-state index in [1.54, 1.807) is 41.3 Å². The molecule has 1 heterocycles. The normalized spacial score (nSPS) is 14.2. The molecule has 44 heavy (non-hydrogen) atoms. The van der Waals surface area contributed by atoms with Gasteiger partial charge in [0.25, 0.3) is 0 Å². The molecule has 5 rings (SSSR count). The van der Waals surface area contributed by atoms with E-state index in [0.29, 0.717) is 36.6 Å². The van der Waals surface area contributed by atoms with Gasteiger partial charge >= 0.3 is 0 Å². The third kappa shape index (κ3) is 7.94. The fraction of sp³-hybridized carbons (Fsp3) is 0.257. The van der Waals surface area contributed by atoms with Crippen molar-refractivity contribution in [2.24, 2.45) is 0 Å². The standard InChI is InChI=1S/C35H36ClN3O4S/c36-31-18-13-29(14-19-31)26-39(34(30-11-5-2-6-12-30)35(41)37-25-28-9-3-1-4-10-28)33(40)22-17-27-15-20-32(21-16-27)44(42,43)38-23-7-8-24-38/h1-6,9-16,18-21,34H,7-8,17,22-26H2,(H,37,41)/t34-/m1/s1. The average molecular weight is 630 g/mol. The molecule has 1 aliphatic heterocycles. The van der Waals surface area contributed by atoms with Gasteiger partial charge in [-0.05, 0) is 65.8 Å². The summed E-state index contributed by atoms with van der Waals surface area (Å²) in [6.07, 6.45) is 2.29. The molecular formula is C35H36ClN3O4S. The predicted octanol–water partition coefficient (Wildman–Crippen LogP) is 6.14. The zero-order chi connectivity index (χ0) is 30.9. The number of nitrogens with zero attached hydrogens (tertiary/aromatic N) is 2. The van der Waals surface area contributed by atoms with Crippen LogP contribution in [-0.4, -0.2) is 42.5 Å². The maximum absolute atomic E-state index is 14.0. The van der Waals surface area contributed by atoms with Crippen LogP contribution in [0, 0.1) is 0 Å². The molecule has 0 spiro atoms. The van der Waals surface area contributed by atoms with E-state index in [4.69, 9.17) is 11.6 Å². The number of carbonyl (C=O) groups excluding carboxylic acids is 2. The molecule has 0 unspecified atom stereocenters. The van der Waals surface area contributed by atoms with Crippen molar-refractivity contribution in [1.29, 1.82) is 0 Å². The van der Waals surface area contributed by atoms with E-state index in [1.165, 1.54) is 4.31 Å². The molecule has 4 aromatic rings. The highest BCUT2D eigenvalue weighted by molar-refractivity contribution is 7.89. The van der Waals surface area contributed by atoms with Gasteiger partial charge in [-0.3, -0.25) is 9.59 Å². The largest absolute Gasteiger partial charge is 0.350 e. The molecule has 7 nitrogen and oxygen atoms in total. The van der Waals surface area contributed by atoms with Crippen LogP contribution in [0.3, 0.4) is 0 Å². The van der Waals surface area contributed by atoms with Crippen molar-refractivity contribution >= 4 is 33.4 Å². The second-order valence-corrected chi connectivity index (χ2v) is 13.3. The number of halogens is 1. The number of sulfonamides is 1. The molecule has 228 valence electrons. The first kappa shape index (κ1) is 31.4. The molecule has 9 heteroatoms. The van der Waals surface area contributed by atoms with Crippen LogP contribution in [0.1, 0.15) is 47.6 Å².